The Labute approximate surface area is 155 Å². The van der Waals surface area contributed by atoms with Gasteiger partial charge in [0.15, 0.2) is 0 Å². The lowest BCUT2D eigenvalue weighted by atomic mass is 10.2. The molecule has 2 N–H and O–H groups in total. The summed E-state index contributed by atoms with van der Waals surface area (Å²) in [7, 11) is 0. The normalized spacial score (nSPS) is 11.2. The second-order valence-electron chi connectivity index (χ2n) is 5.12. The summed E-state index contributed by atoms with van der Waals surface area (Å²) in [5.41, 5.74) is 2.34. The number of carbonyl (C=O) groups excluding carboxylic acids is 1. The Kier molecular flexibility index (Phi) is 5.01. The monoisotopic (exact) mass is 449 g/mol. The first-order valence-electron chi connectivity index (χ1n) is 7.09. The number of fused-ring (bicyclic) bond motifs is 1. The number of amides is 1. The van der Waals surface area contributed by atoms with Crippen LogP contribution in [0.25, 0.3) is 10.9 Å². The fourth-order valence-electron chi connectivity index (χ4n) is 2.52. The van der Waals surface area contributed by atoms with Crippen LogP contribution in [0.15, 0.2) is 62.8 Å². The second kappa shape index (κ2) is 7.19. The van der Waals surface area contributed by atoms with E-state index in [9.17, 15) is 4.79 Å². The average molecular weight is 451 g/mol. The van der Waals surface area contributed by atoms with Gasteiger partial charge < -0.3 is 15.1 Å². The van der Waals surface area contributed by atoms with E-state index in [0.29, 0.717) is 5.69 Å². The minimum Gasteiger partial charge on any atom is -0.411 e. The molecular formula is C17H13Br2N3O2. The summed E-state index contributed by atoms with van der Waals surface area (Å²) in [6.45, 7) is 0.146. The Morgan fingerprint density at radius 2 is 1.88 bits per heavy atom. The van der Waals surface area contributed by atoms with E-state index in [-0.39, 0.29) is 12.5 Å². The summed E-state index contributed by atoms with van der Waals surface area (Å²) in [5.74, 6) is -0.157. The van der Waals surface area contributed by atoms with E-state index in [1.54, 1.807) is 6.20 Å². The van der Waals surface area contributed by atoms with Crippen LogP contribution in [-0.2, 0) is 11.3 Å². The predicted octanol–water partition coefficient (Wildman–Crippen LogP) is 4.61. The molecule has 0 saturated heterocycles. The Balaban J connectivity index is 1.88. The maximum Gasteiger partial charge on any atom is 0.244 e. The summed E-state index contributed by atoms with van der Waals surface area (Å²) in [4.78, 5) is 12.4. The van der Waals surface area contributed by atoms with Gasteiger partial charge in [-0.25, -0.2) is 0 Å². The van der Waals surface area contributed by atoms with Crippen LogP contribution in [0.3, 0.4) is 0 Å². The fraction of sp³-hybridized carbons (Fsp3) is 0.0588. The molecule has 7 heteroatoms. The third-order valence-electron chi connectivity index (χ3n) is 3.56. The maximum absolute atomic E-state index is 12.4. The number of para-hydroxylation sites is 2. The molecule has 0 radical (unpaired) electrons. The fourth-order valence-corrected chi connectivity index (χ4v) is 3.72. The number of rotatable bonds is 4. The Hall–Kier alpha value is -2.12. The number of halogens is 2. The van der Waals surface area contributed by atoms with Crippen LogP contribution in [0, 0.1) is 0 Å². The van der Waals surface area contributed by atoms with E-state index in [2.05, 4.69) is 42.3 Å². The molecule has 3 rings (SSSR count). The number of benzene rings is 2. The Morgan fingerprint density at radius 1 is 1.17 bits per heavy atom. The highest BCUT2D eigenvalue weighted by atomic mass is 79.9. The van der Waals surface area contributed by atoms with E-state index in [4.69, 9.17) is 5.21 Å². The third-order valence-corrected chi connectivity index (χ3v) is 4.88. The number of hydrogen-bond donors (Lipinski definition) is 2. The van der Waals surface area contributed by atoms with Gasteiger partial charge in [-0.1, -0.05) is 29.4 Å². The summed E-state index contributed by atoms with van der Waals surface area (Å²) >= 11 is 6.86. The van der Waals surface area contributed by atoms with Gasteiger partial charge in [0.1, 0.15) is 6.54 Å². The zero-order valence-corrected chi connectivity index (χ0v) is 15.6. The molecule has 0 saturated carbocycles. The third kappa shape index (κ3) is 3.37. The smallest absolute Gasteiger partial charge is 0.244 e. The molecular weight excluding hydrogens is 438 g/mol. The number of hydrogen-bond acceptors (Lipinski definition) is 3. The summed E-state index contributed by atoms with van der Waals surface area (Å²) in [6, 6.07) is 13.3. The van der Waals surface area contributed by atoms with Gasteiger partial charge >= 0.3 is 0 Å². The van der Waals surface area contributed by atoms with Gasteiger partial charge in [-0.15, -0.1) is 0 Å². The zero-order valence-electron chi connectivity index (χ0n) is 12.4. The highest BCUT2D eigenvalue weighted by molar-refractivity contribution is 9.11. The molecule has 0 bridgehead atoms. The number of nitrogens with zero attached hydrogens (tertiary/aromatic N) is 2. The molecule has 5 nitrogen and oxygen atoms in total. The molecule has 24 heavy (non-hydrogen) atoms. The van der Waals surface area contributed by atoms with Crippen LogP contribution < -0.4 is 5.32 Å². The molecule has 1 aromatic heterocycles. The van der Waals surface area contributed by atoms with Gasteiger partial charge in [-0.05, 0) is 50.1 Å². The molecule has 1 heterocycles. The molecule has 0 atom stereocenters. The molecule has 2 aromatic carbocycles. The molecule has 0 aliphatic rings. The van der Waals surface area contributed by atoms with Crippen LogP contribution in [0.4, 0.5) is 5.69 Å². The number of nitrogens with one attached hydrogen (secondary N) is 1. The van der Waals surface area contributed by atoms with E-state index in [1.807, 2.05) is 47.0 Å². The highest BCUT2D eigenvalue weighted by Crippen LogP contribution is 2.30. The lowest BCUT2D eigenvalue weighted by molar-refractivity contribution is -0.116. The minimum absolute atomic E-state index is 0.146. The number of anilines is 1. The van der Waals surface area contributed by atoms with E-state index >= 15 is 0 Å². The highest BCUT2D eigenvalue weighted by Gasteiger charge is 2.12. The molecule has 0 spiro atoms. The van der Waals surface area contributed by atoms with E-state index in [0.717, 1.165) is 25.4 Å². The first-order chi connectivity index (χ1) is 11.6. The quantitative estimate of drug-likeness (QED) is 0.346. The SMILES string of the molecule is O=C(Cn1cc(C=NO)c2ccccc21)Nc1c(Br)cccc1Br. The van der Waals surface area contributed by atoms with Crippen molar-refractivity contribution < 1.29 is 10.0 Å². The Bertz CT molecular complexity index is 914. The largest absolute Gasteiger partial charge is 0.411 e. The lowest BCUT2D eigenvalue weighted by Gasteiger charge is -2.10. The maximum atomic E-state index is 12.4. The summed E-state index contributed by atoms with van der Waals surface area (Å²) in [6.07, 6.45) is 3.15. The molecule has 0 aliphatic carbocycles. The van der Waals surface area contributed by atoms with Gasteiger partial charge in [0, 0.05) is 31.6 Å². The van der Waals surface area contributed by atoms with Crippen molar-refractivity contribution in [1.29, 1.82) is 0 Å². The number of carbonyl (C=O) groups is 1. The van der Waals surface area contributed by atoms with Gasteiger partial charge in [0.25, 0.3) is 0 Å². The summed E-state index contributed by atoms with van der Waals surface area (Å²) in [5, 5.41) is 15.7. The number of oxime groups is 1. The summed E-state index contributed by atoms with van der Waals surface area (Å²) < 4.78 is 3.43. The van der Waals surface area contributed by atoms with E-state index < -0.39 is 0 Å². The van der Waals surface area contributed by atoms with Crippen LogP contribution in [0.1, 0.15) is 5.56 Å². The lowest BCUT2D eigenvalue weighted by Crippen LogP contribution is -2.18. The van der Waals surface area contributed by atoms with Gasteiger partial charge in [0.2, 0.25) is 5.91 Å². The molecule has 0 unspecified atom stereocenters. The van der Waals surface area contributed by atoms with Crippen molar-refractivity contribution in [2.75, 3.05) is 5.32 Å². The van der Waals surface area contributed by atoms with Crippen molar-refractivity contribution in [3.8, 4) is 0 Å². The molecule has 1 amide bonds. The van der Waals surface area contributed by atoms with Crippen molar-refractivity contribution in [1.82, 2.24) is 4.57 Å². The standard InChI is InChI=1S/C17H13Br2N3O2/c18-13-5-3-6-14(19)17(13)21-16(23)10-22-9-11(8-20-24)12-4-1-2-7-15(12)22/h1-9,24H,10H2,(H,21,23). The van der Waals surface area contributed by atoms with Gasteiger partial charge in [0.05, 0.1) is 11.9 Å². The minimum atomic E-state index is -0.157. The van der Waals surface area contributed by atoms with Crippen LogP contribution in [0.2, 0.25) is 0 Å². The van der Waals surface area contributed by atoms with Gasteiger partial charge in [-0.2, -0.15) is 0 Å². The van der Waals surface area contributed by atoms with Crippen LogP contribution in [-0.4, -0.2) is 21.9 Å². The van der Waals surface area contributed by atoms with Crippen molar-refractivity contribution in [3.63, 3.8) is 0 Å². The number of aromatic nitrogens is 1. The first-order valence-corrected chi connectivity index (χ1v) is 8.68. The molecule has 0 fully saturated rings. The second-order valence-corrected chi connectivity index (χ2v) is 6.83. The molecule has 3 aromatic rings. The predicted molar refractivity (Wildman–Crippen MR) is 102 cm³/mol. The van der Waals surface area contributed by atoms with Crippen molar-refractivity contribution in [2.24, 2.45) is 5.16 Å². The van der Waals surface area contributed by atoms with Crippen molar-refractivity contribution in [3.05, 3.63) is 63.2 Å². The van der Waals surface area contributed by atoms with Crippen LogP contribution >= 0.6 is 31.9 Å². The van der Waals surface area contributed by atoms with E-state index in [1.165, 1.54) is 6.21 Å². The van der Waals surface area contributed by atoms with Crippen molar-refractivity contribution >= 4 is 60.6 Å². The van der Waals surface area contributed by atoms with Gasteiger partial charge in [-0.3, -0.25) is 4.79 Å². The molecule has 122 valence electrons. The zero-order chi connectivity index (χ0) is 17.1. The average Bonchev–Trinajstić information content (AvgIpc) is 2.90. The molecule has 0 aliphatic heterocycles. The topological polar surface area (TPSA) is 66.6 Å². The Morgan fingerprint density at radius 3 is 2.58 bits per heavy atom. The van der Waals surface area contributed by atoms with Crippen LogP contribution in [0.5, 0.6) is 0 Å². The van der Waals surface area contributed by atoms with Crippen molar-refractivity contribution in [2.45, 2.75) is 6.54 Å². The first kappa shape index (κ1) is 16.7.